The summed E-state index contributed by atoms with van der Waals surface area (Å²) in [7, 11) is 1.61. The first-order chi connectivity index (χ1) is 13.0. The molecule has 144 valence electrons. The van der Waals surface area contributed by atoms with Crippen molar-refractivity contribution >= 4 is 11.9 Å². The fraction of sp³-hybridized carbons (Fsp3) is 0.300. The van der Waals surface area contributed by atoms with Crippen LogP contribution in [0.15, 0.2) is 42.5 Å². The summed E-state index contributed by atoms with van der Waals surface area (Å²) in [6.45, 7) is 2.65. The quantitative estimate of drug-likeness (QED) is 0.622. The standard InChI is InChI=1S/C20H24FN3O3/c1-14-3-6-16(13-18(14)21)19(25)22-11-12-24-20(26)23-10-9-15-4-7-17(27-2)8-5-15/h3-8,13H,9-12H2,1-2H3,(H,22,25)(H2,23,24,26). The first kappa shape index (κ1) is 20.2. The van der Waals surface area contributed by atoms with Crippen LogP contribution in [0.2, 0.25) is 0 Å². The molecule has 0 bridgehead atoms. The Labute approximate surface area is 158 Å². The zero-order chi connectivity index (χ0) is 19.6. The van der Waals surface area contributed by atoms with Gasteiger partial charge >= 0.3 is 6.03 Å². The number of halogens is 1. The molecule has 0 heterocycles. The summed E-state index contributed by atoms with van der Waals surface area (Å²) in [5.74, 6) is -0.00694. The maximum absolute atomic E-state index is 13.5. The van der Waals surface area contributed by atoms with E-state index >= 15 is 0 Å². The van der Waals surface area contributed by atoms with Crippen molar-refractivity contribution in [3.63, 3.8) is 0 Å². The number of carbonyl (C=O) groups excluding carboxylic acids is 2. The van der Waals surface area contributed by atoms with Crippen LogP contribution in [0, 0.1) is 12.7 Å². The third kappa shape index (κ3) is 6.62. The van der Waals surface area contributed by atoms with Gasteiger partial charge in [0.1, 0.15) is 11.6 Å². The molecule has 0 aliphatic carbocycles. The number of carbonyl (C=O) groups is 2. The molecule has 3 amide bonds. The first-order valence-electron chi connectivity index (χ1n) is 8.68. The molecule has 0 atom stereocenters. The number of ether oxygens (including phenoxy) is 1. The van der Waals surface area contributed by atoms with Gasteiger partial charge in [-0.3, -0.25) is 4.79 Å². The van der Waals surface area contributed by atoms with Crippen molar-refractivity contribution < 1.29 is 18.7 Å². The lowest BCUT2D eigenvalue weighted by Crippen LogP contribution is -2.40. The summed E-state index contributed by atoms with van der Waals surface area (Å²) >= 11 is 0. The minimum Gasteiger partial charge on any atom is -0.497 e. The summed E-state index contributed by atoms with van der Waals surface area (Å²) in [6, 6.07) is 11.6. The molecule has 2 aromatic rings. The molecular weight excluding hydrogens is 349 g/mol. The van der Waals surface area contributed by atoms with Crippen LogP contribution in [0.4, 0.5) is 9.18 Å². The summed E-state index contributed by atoms with van der Waals surface area (Å²) < 4.78 is 18.6. The Balaban J connectivity index is 1.61. The second kappa shape index (κ2) is 10.2. The summed E-state index contributed by atoms with van der Waals surface area (Å²) in [6.07, 6.45) is 0.702. The SMILES string of the molecule is COc1ccc(CCNC(=O)NCCNC(=O)c2ccc(C)c(F)c2)cc1. The lowest BCUT2D eigenvalue weighted by molar-refractivity contribution is 0.0953. The number of urea groups is 1. The zero-order valence-corrected chi connectivity index (χ0v) is 15.5. The Morgan fingerprint density at radius 1 is 0.963 bits per heavy atom. The number of benzene rings is 2. The fourth-order valence-corrected chi connectivity index (χ4v) is 2.36. The second-order valence-electron chi connectivity index (χ2n) is 6.00. The molecule has 27 heavy (non-hydrogen) atoms. The number of hydrogen-bond acceptors (Lipinski definition) is 3. The largest absolute Gasteiger partial charge is 0.497 e. The topological polar surface area (TPSA) is 79.5 Å². The van der Waals surface area contributed by atoms with Gasteiger partial charge in [0.15, 0.2) is 0 Å². The van der Waals surface area contributed by atoms with Crippen molar-refractivity contribution in [3.05, 3.63) is 65.0 Å². The van der Waals surface area contributed by atoms with E-state index in [0.717, 1.165) is 11.3 Å². The van der Waals surface area contributed by atoms with Crippen LogP contribution in [-0.2, 0) is 6.42 Å². The molecule has 0 saturated heterocycles. The number of aryl methyl sites for hydroxylation is 1. The number of amides is 3. The van der Waals surface area contributed by atoms with E-state index < -0.39 is 5.82 Å². The Morgan fingerprint density at radius 2 is 1.63 bits per heavy atom. The zero-order valence-electron chi connectivity index (χ0n) is 15.5. The third-order valence-corrected chi connectivity index (χ3v) is 3.99. The van der Waals surface area contributed by atoms with Gasteiger partial charge in [-0.05, 0) is 48.7 Å². The van der Waals surface area contributed by atoms with Gasteiger partial charge in [-0.1, -0.05) is 18.2 Å². The van der Waals surface area contributed by atoms with Crippen molar-refractivity contribution in [1.82, 2.24) is 16.0 Å². The number of rotatable bonds is 8. The Kier molecular flexibility index (Phi) is 7.61. The Bertz CT molecular complexity index is 779. The molecule has 0 fully saturated rings. The van der Waals surface area contributed by atoms with Crippen molar-refractivity contribution in [3.8, 4) is 5.75 Å². The van der Waals surface area contributed by atoms with Crippen LogP contribution in [0.1, 0.15) is 21.5 Å². The highest BCUT2D eigenvalue weighted by Crippen LogP contribution is 2.11. The predicted molar refractivity (Wildman–Crippen MR) is 102 cm³/mol. The smallest absolute Gasteiger partial charge is 0.314 e. The van der Waals surface area contributed by atoms with E-state index in [1.54, 1.807) is 26.2 Å². The molecule has 3 N–H and O–H groups in total. The molecule has 0 saturated carbocycles. The molecule has 2 aromatic carbocycles. The maximum atomic E-state index is 13.5. The molecule has 0 spiro atoms. The van der Waals surface area contributed by atoms with E-state index in [0.29, 0.717) is 18.5 Å². The number of nitrogens with one attached hydrogen (secondary N) is 3. The minimum absolute atomic E-state index is 0.250. The van der Waals surface area contributed by atoms with Gasteiger partial charge < -0.3 is 20.7 Å². The van der Waals surface area contributed by atoms with Crippen LogP contribution in [0.25, 0.3) is 0 Å². The lowest BCUT2D eigenvalue weighted by Gasteiger charge is -2.09. The fourth-order valence-electron chi connectivity index (χ4n) is 2.36. The van der Waals surface area contributed by atoms with Gasteiger partial charge in [0.25, 0.3) is 5.91 Å². The first-order valence-corrected chi connectivity index (χ1v) is 8.68. The van der Waals surface area contributed by atoms with Crippen LogP contribution >= 0.6 is 0 Å². The predicted octanol–water partition coefficient (Wildman–Crippen LogP) is 2.41. The van der Waals surface area contributed by atoms with E-state index in [4.69, 9.17) is 4.74 Å². The number of methoxy groups -OCH3 is 1. The molecule has 0 aliphatic rings. The average Bonchev–Trinajstić information content (AvgIpc) is 2.67. The monoisotopic (exact) mass is 373 g/mol. The summed E-state index contributed by atoms with van der Waals surface area (Å²) in [4.78, 5) is 23.6. The Hall–Kier alpha value is -3.09. The van der Waals surface area contributed by atoms with Crippen LogP contribution in [0.3, 0.4) is 0 Å². The van der Waals surface area contributed by atoms with Gasteiger partial charge in [0, 0.05) is 25.2 Å². The van der Waals surface area contributed by atoms with E-state index in [2.05, 4.69) is 16.0 Å². The highest BCUT2D eigenvalue weighted by Gasteiger charge is 2.07. The van der Waals surface area contributed by atoms with Gasteiger partial charge in [0.05, 0.1) is 7.11 Å². The van der Waals surface area contributed by atoms with Gasteiger partial charge in [-0.25, -0.2) is 9.18 Å². The normalized spacial score (nSPS) is 10.2. The van der Waals surface area contributed by atoms with Crippen LogP contribution in [-0.4, -0.2) is 38.7 Å². The molecule has 0 aromatic heterocycles. The molecule has 2 rings (SSSR count). The minimum atomic E-state index is -0.419. The van der Waals surface area contributed by atoms with Crippen LogP contribution < -0.4 is 20.7 Å². The molecular formula is C20H24FN3O3. The van der Waals surface area contributed by atoms with E-state index in [9.17, 15) is 14.0 Å². The third-order valence-electron chi connectivity index (χ3n) is 3.99. The van der Waals surface area contributed by atoms with Gasteiger partial charge in [-0.2, -0.15) is 0 Å². The molecule has 7 heteroatoms. The van der Waals surface area contributed by atoms with Crippen molar-refractivity contribution in [2.24, 2.45) is 0 Å². The highest BCUT2D eigenvalue weighted by molar-refractivity contribution is 5.94. The maximum Gasteiger partial charge on any atom is 0.314 e. The molecule has 0 aliphatic heterocycles. The van der Waals surface area contributed by atoms with Crippen molar-refractivity contribution in [2.45, 2.75) is 13.3 Å². The lowest BCUT2D eigenvalue weighted by atomic mass is 10.1. The van der Waals surface area contributed by atoms with Gasteiger partial charge in [0.2, 0.25) is 0 Å². The summed E-state index contributed by atoms with van der Waals surface area (Å²) in [5.41, 5.74) is 1.83. The molecule has 0 unspecified atom stereocenters. The second-order valence-corrected chi connectivity index (χ2v) is 6.00. The average molecular weight is 373 g/mol. The van der Waals surface area contributed by atoms with E-state index in [1.165, 1.54) is 6.07 Å². The van der Waals surface area contributed by atoms with Crippen LogP contribution in [0.5, 0.6) is 5.75 Å². The summed E-state index contributed by atoms with van der Waals surface area (Å²) in [5, 5.41) is 8.04. The van der Waals surface area contributed by atoms with Crippen molar-refractivity contribution in [1.29, 1.82) is 0 Å². The molecule has 0 radical (unpaired) electrons. The van der Waals surface area contributed by atoms with E-state index in [-0.39, 0.29) is 30.6 Å². The highest BCUT2D eigenvalue weighted by atomic mass is 19.1. The number of hydrogen-bond donors (Lipinski definition) is 3. The Morgan fingerprint density at radius 3 is 2.30 bits per heavy atom. The van der Waals surface area contributed by atoms with Crippen molar-refractivity contribution in [2.75, 3.05) is 26.7 Å². The molecule has 6 nitrogen and oxygen atoms in total. The van der Waals surface area contributed by atoms with Gasteiger partial charge in [-0.15, -0.1) is 0 Å². The van der Waals surface area contributed by atoms with E-state index in [1.807, 2.05) is 24.3 Å².